The Balaban J connectivity index is 2.28. The summed E-state index contributed by atoms with van der Waals surface area (Å²) in [4.78, 5) is 0. The molecule has 0 spiro atoms. The van der Waals surface area contributed by atoms with E-state index in [4.69, 9.17) is 10.2 Å². The Morgan fingerprint density at radius 1 is 1.20 bits per heavy atom. The second-order valence-electron chi connectivity index (χ2n) is 3.35. The van der Waals surface area contributed by atoms with Crippen LogP contribution in [0.15, 0.2) is 29.6 Å². The number of benzene rings is 1. The van der Waals surface area contributed by atoms with Crippen LogP contribution in [0.4, 0.5) is 5.69 Å². The molecule has 0 saturated carbocycles. The van der Waals surface area contributed by atoms with E-state index in [0.717, 1.165) is 11.1 Å². The molecule has 4 heteroatoms. The van der Waals surface area contributed by atoms with Crippen LogP contribution in [-0.2, 0) is 0 Å². The minimum Gasteiger partial charge on any atom is -0.394 e. The van der Waals surface area contributed by atoms with E-state index in [2.05, 4.69) is 11.4 Å². The second-order valence-corrected chi connectivity index (χ2v) is 4.26. The molecule has 1 heterocycles. The van der Waals surface area contributed by atoms with Gasteiger partial charge in [0.05, 0.1) is 24.9 Å². The Labute approximate surface area is 92.0 Å². The topological polar surface area (TPSA) is 52.5 Å². The van der Waals surface area contributed by atoms with Crippen LogP contribution in [0.3, 0.4) is 0 Å². The van der Waals surface area contributed by atoms with Gasteiger partial charge in [-0.2, -0.15) is 0 Å². The van der Waals surface area contributed by atoms with E-state index in [9.17, 15) is 0 Å². The van der Waals surface area contributed by atoms with Crippen molar-refractivity contribution < 1.29 is 10.2 Å². The maximum atomic E-state index is 8.98. The molecule has 0 aliphatic heterocycles. The van der Waals surface area contributed by atoms with E-state index in [1.54, 1.807) is 11.3 Å². The van der Waals surface area contributed by atoms with Crippen molar-refractivity contribution in [1.82, 2.24) is 0 Å². The van der Waals surface area contributed by atoms with Crippen LogP contribution in [-0.4, -0.2) is 29.5 Å². The first kappa shape index (κ1) is 10.4. The Morgan fingerprint density at radius 3 is 2.67 bits per heavy atom. The summed E-state index contributed by atoms with van der Waals surface area (Å²) in [5, 5.41) is 24.2. The van der Waals surface area contributed by atoms with Gasteiger partial charge in [-0.25, -0.2) is 0 Å². The summed E-state index contributed by atoms with van der Waals surface area (Å²) >= 11 is 1.65. The van der Waals surface area contributed by atoms with E-state index in [-0.39, 0.29) is 19.3 Å². The number of aliphatic hydroxyl groups is 2. The number of fused-ring (bicyclic) bond motifs is 1. The molecule has 2 aromatic rings. The fourth-order valence-corrected chi connectivity index (χ4v) is 2.36. The molecule has 15 heavy (non-hydrogen) atoms. The molecule has 0 fully saturated rings. The Hall–Kier alpha value is -1.10. The quantitative estimate of drug-likeness (QED) is 0.739. The van der Waals surface area contributed by atoms with Gasteiger partial charge in [0, 0.05) is 15.5 Å². The summed E-state index contributed by atoms with van der Waals surface area (Å²) in [5.41, 5.74) is 0.976. The molecule has 0 amide bonds. The minimum atomic E-state index is -0.289. The molecule has 0 bridgehead atoms. The van der Waals surface area contributed by atoms with Gasteiger partial charge in [-0.05, 0) is 6.07 Å². The summed E-state index contributed by atoms with van der Waals surface area (Å²) in [6.07, 6.45) is 0. The van der Waals surface area contributed by atoms with Gasteiger partial charge in [0.25, 0.3) is 0 Å². The third kappa shape index (κ3) is 2.12. The molecule has 1 aromatic heterocycles. The average molecular weight is 223 g/mol. The van der Waals surface area contributed by atoms with Crippen LogP contribution in [0, 0.1) is 0 Å². The Kier molecular flexibility index (Phi) is 3.20. The van der Waals surface area contributed by atoms with E-state index < -0.39 is 0 Å². The average Bonchev–Trinajstić information content (AvgIpc) is 2.69. The van der Waals surface area contributed by atoms with E-state index >= 15 is 0 Å². The number of hydrogen-bond donors (Lipinski definition) is 3. The van der Waals surface area contributed by atoms with Crippen molar-refractivity contribution in [3.05, 3.63) is 29.6 Å². The van der Waals surface area contributed by atoms with Gasteiger partial charge >= 0.3 is 0 Å². The third-order valence-electron chi connectivity index (χ3n) is 2.28. The minimum absolute atomic E-state index is 0.0688. The monoisotopic (exact) mass is 223 g/mol. The first-order valence-electron chi connectivity index (χ1n) is 4.79. The van der Waals surface area contributed by atoms with Gasteiger partial charge in [-0.3, -0.25) is 0 Å². The van der Waals surface area contributed by atoms with Crippen molar-refractivity contribution in [2.75, 3.05) is 18.5 Å². The lowest BCUT2D eigenvalue weighted by Gasteiger charge is -2.13. The normalized spacial score (nSPS) is 11.1. The maximum Gasteiger partial charge on any atom is 0.0723 e. The molecule has 0 radical (unpaired) electrons. The molecule has 3 N–H and O–H groups in total. The Bertz CT molecular complexity index is 437. The lowest BCUT2D eigenvalue weighted by atomic mass is 10.2. The van der Waals surface area contributed by atoms with Gasteiger partial charge in [0.15, 0.2) is 0 Å². The number of nitrogens with one attached hydrogen (secondary N) is 1. The van der Waals surface area contributed by atoms with Gasteiger partial charge < -0.3 is 15.5 Å². The highest BCUT2D eigenvalue weighted by atomic mass is 32.1. The highest BCUT2D eigenvalue weighted by Gasteiger charge is 2.08. The number of hydrogen-bond acceptors (Lipinski definition) is 4. The van der Waals surface area contributed by atoms with E-state index in [0.29, 0.717) is 0 Å². The van der Waals surface area contributed by atoms with Crippen LogP contribution in [0.2, 0.25) is 0 Å². The van der Waals surface area contributed by atoms with Gasteiger partial charge in [0.2, 0.25) is 0 Å². The molecule has 0 atom stereocenters. The standard InChI is InChI=1S/C11H13NO2S/c13-5-8(6-14)12-10-7-15-11-4-2-1-3-9(10)11/h1-4,7-8,12-14H,5-6H2. The summed E-state index contributed by atoms with van der Waals surface area (Å²) in [5.74, 6) is 0. The van der Waals surface area contributed by atoms with E-state index in [1.807, 2.05) is 23.6 Å². The zero-order chi connectivity index (χ0) is 10.7. The van der Waals surface area contributed by atoms with Crippen LogP contribution < -0.4 is 5.32 Å². The SMILES string of the molecule is OCC(CO)Nc1csc2ccccc12. The molecule has 80 valence electrons. The fraction of sp³-hybridized carbons (Fsp3) is 0.273. The number of anilines is 1. The molecule has 0 aliphatic rings. The van der Waals surface area contributed by atoms with Crippen LogP contribution in [0.1, 0.15) is 0 Å². The molecular weight excluding hydrogens is 210 g/mol. The summed E-state index contributed by atoms with van der Waals surface area (Å²) < 4.78 is 1.20. The summed E-state index contributed by atoms with van der Waals surface area (Å²) in [6, 6.07) is 7.77. The van der Waals surface area contributed by atoms with Crippen LogP contribution in [0.25, 0.3) is 10.1 Å². The molecule has 2 rings (SSSR count). The van der Waals surface area contributed by atoms with Crippen molar-refractivity contribution in [1.29, 1.82) is 0 Å². The van der Waals surface area contributed by atoms with E-state index in [1.165, 1.54) is 4.70 Å². The predicted molar refractivity (Wildman–Crippen MR) is 63.4 cm³/mol. The Morgan fingerprint density at radius 2 is 1.93 bits per heavy atom. The van der Waals surface area contributed by atoms with Gasteiger partial charge in [-0.15, -0.1) is 11.3 Å². The third-order valence-corrected chi connectivity index (χ3v) is 3.24. The van der Waals surface area contributed by atoms with Crippen LogP contribution in [0.5, 0.6) is 0 Å². The first-order valence-corrected chi connectivity index (χ1v) is 5.67. The molecule has 0 saturated heterocycles. The van der Waals surface area contributed by atoms with Crippen molar-refractivity contribution >= 4 is 27.1 Å². The smallest absolute Gasteiger partial charge is 0.0723 e. The first-order chi connectivity index (χ1) is 7.35. The largest absolute Gasteiger partial charge is 0.394 e. The van der Waals surface area contributed by atoms with Crippen molar-refractivity contribution in [3.63, 3.8) is 0 Å². The maximum absolute atomic E-state index is 8.98. The predicted octanol–water partition coefficient (Wildman–Crippen LogP) is 1.67. The molecule has 0 unspecified atom stereocenters. The molecule has 1 aromatic carbocycles. The van der Waals surface area contributed by atoms with Crippen molar-refractivity contribution in [3.8, 4) is 0 Å². The zero-order valence-electron chi connectivity index (χ0n) is 8.18. The number of thiophene rings is 1. The highest BCUT2D eigenvalue weighted by molar-refractivity contribution is 7.17. The van der Waals surface area contributed by atoms with Gasteiger partial charge in [0.1, 0.15) is 0 Å². The fourth-order valence-electron chi connectivity index (χ4n) is 1.46. The summed E-state index contributed by atoms with van der Waals surface area (Å²) in [6.45, 7) is -0.138. The molecular formula is C11H13NO2S. The number of aliphatic hydroxyl groups excluding tert-OH is 2. The van der Waals surface area contributed by atoms with Crippen molar-refractivity contribution in [2.45, 2.75) is 6.04 Å². The lowest BCUT2D eigenvalue weighted by molar-refractivity contribution is 0.204. The zero-order valence-corrected chi connectivity index (χ0v) is 9.00. The summed E-state index contributed by atoms with van der Waals surface area (Å²) in [7, 11) is 0. The molecule has 3 nitrogen and oxygen atoms in total. The number of rotatable bonds is 4. The lowest BCUT2D eigenvalue weighted by Crippen LogP contribution is -2.27. The van der Waals surface area contributed by atoms with Crippen LogP contribution >= 0.6 is 11.3 Å². The second kappa shape index (κ2) is 4.61. The van der Waals surface area contributed by atoms with Gasteiger partial charge in [-0.1, -0.05) is 18.2 Å². The molecule has 0 aliphatic carbocycles. The highest BCUT2D eigenvalue weighted by Crippen LogP contribution is 2.30. The van der Waals surface area contributed by atoms with Crippen molar-refractivity contribution in [2.24, 2.45) is 0 Å².